The summed E-state index contributed by atoms with van der Waals surface area (Å²) in [5, 5.41) is 9.17. The molecule has 0 unspecified atom stereocenters. The van der Waals surface area contributed by atoms with Crippen molar-refractivity contribution in [2.45, 2.75) is 19.9 Å². The molecular weight excluding hydrogens is 438 g/mol. The molecule has 0 bridgehead atoms. The Balaban J connectivity index is 1.73. The van der Waals surface area contributed by atoms with Gasteiger partial charge in [-0.3, -0.25) is 4.79 Å². The second-order valence-corrected chi connectivity index (χ2v) is 7.87. The fourth-order valence-electron chi connectivity index (χ4n) is 3.74. The normalized spacial score (nSPS) is 10.8. The Morgan fingerprint density at radius 1 is 0.971 bits per heavy atom. The number of aryl methyl sites for hydroxylation is 1. The molecule has 7 heteroatoms. The Kier molecular flexibility index (Phi) is 6.65. The van der Waals surface area contributed by atoms with Crippen LogP contribution in [0.5, 0.6) is 11.6 Å². The zero-order valence-electron chi connectivity index (χ0n) is 18.4. The average molecular weight is 460 g/mol. The highest BCUT2D eigenvalue weighted by Gasteiger charge is 2.19. The zero-order valence-corrected chi connectivity index (χ0v) is 18.4. The monoisotopic (exact) mass is 460 g/mol. The van der Waals surface area contributed by atoms with Crippen molar-refractivity contribution in [1.29, 1.82) is 0 Å². The minimum Gasteiger partial charge on any atom is -0.481 e. The second kappa shape index (κ2) is 9.80. The van der Waals surface area contributed by atoms with Gasteiger partial charge in [0, 0.05) is 18.2 Å². The van der Waals surface area contributed by atoms with Crippen molar-refractivity contribution < 1.29 is 23.4 Å². The number of benzene rings is 3. The number of nitrogens with zero attached hydrogens (tertiary/aromatic N) is 1. The van der Waals surface area contributed by atoms with E-state index >= 15 is 0 Å². The van der Waals surface area contributed by atoms with Gasteiger partial charge in [0.05, 0.1) is 6.42 Å². The van der Waals surface area contributed by atoms with Crippen molar-refractivity contribution in [3.63, 3.8) is 0 Å². The zero-order chi connectivity index (χ0) is 24.2. The second-order valence-electron chi connectivity index (χ2n) is 7.87. The van der Waals surface area contributed by atoms with Crippen molar-refractivity contribution in [1.82, 2.24) is 4.98 Å². The van der Waals surface area contributed by atoms with Crippen molar-refractivity contribution >= 4 is 5.97 Å². The Bertz CT molecular complexity index is 1370. The first-order chi connectivity index (χ1) is 16.3. The van der Waals surface area contributed by atoms with Crippen LogP contribution in [0.15, 0.2) is 72.8 Å². The summed E-state index contributed by atoms with van der Waals surface area (Å²) in [5.41, 5.74) is 9.80. The van der Waals surface area contributed by atoms with Crippen LogP contribution < -0.4 is 10.5 Å². The molecule has 0 radical (unpaired) electrons. The molecular formula is C27H22F2N2O3. The van der Waals surface area contributed by atoms with Gasteiger partial charge in [-0.05, 0) is 52.9 Å². The van der Waals surface area contributed by atoms with Crippen LogP contribution in [0.4, 0.5) is 8.78 Å². The quantitative estimate of drug-likeness (QED) is 0.360. The van der Waals surface area contributed by atoms with Crippen LogP contribution in [0, 0.1) is 18.6 Å². The molecule has 0 aliphatic heterocycles. The molecule has 3 N–H and O–H groups in total. The summed E-state index contributed by atoms with van der Waals surface area (Å²) in [6.07, 6.45) is -0.325. The summed E-state index contributed by atoms with van der Waals surface area (Å²) in [4.78, 5) is 15.3. The fourth-order valence-corrected chi connectivity index (χ4v) is 3.74. The third-order valence-electron chi connectivity index (χ3n) is 5.27. The molecule has 0 saturated carbocycles. The molecule has 1 heterocycles. The van der Waals surface area contributed by atoms with E-state index < -0.39 is 23.5 Å². The van der Waals surface area contributed by atoms with E-state index in [1.165, 1.54) is 0 Å². The van der Waals surface area contributed by atoms with Crippen LogP contribution in [0.3, 0.4) is 0 Å². The Morgan fingerprint density at radius 2 is 1.76 bits per heavy atom. The van der Waals surface area contributed by atoms with E-state index in [0.29, 0.717) is 23.9 Å². The standard InChI is InChI=1S/C27H22F2N2O3/c1-16-9-20(18-7-4-5-17(11-18)15-30)12-21(10-16)34-27-24(29)14-23(28)26(31-27)22-8-3-2-6-19(22)13-25(32)33/h2-12,14H,13,15,30H2,1H3,(H,32,33). The molecule has 0 saturated heterocycles. The van der Waals surface area contributed by atoms with E-state index in [0.717, 1.165) is 22.3 Å². The molecule has 0 spiro atoms. The van der Waals surface area contributed by atoms with Crippen molar-refractivity contribution in [3.05, 3.63) is 101 Å². The highest BCUT2D eigenvalue weighted by atomic mass is 19.1. The van der Waals surface area contributed by atoms with Crippen LogP contribution in [-0.4, -0.2) is 16.1 Å². The van der Waals surface area contributed by atoms with Gasteiger partial charge < -0.3 is 15.6 Å². The molecule has 34 heavy (non-hydrogen) atoms. The lowest BCUT2D eigenvalue weighted by atomic mass is 10.0. The lowest BCUT2D eigenvalue weighted by Gasteiger charge is -2.13. The third kappa shape index (κ3) is 5.10. The lowest BCUT2D eigenvalue weighted by molar-refractivity contribution is -0.136. The number of pyridine rings is 1. The number of carboxylic acid groups (broad SMARTS) is 1. The van der Waals surface area contributed by atoms with E-state index in [2.05, 4.69) is 4.98 Å². The summed E-state index contributed by atoms with van der Waals surface area (Å²) in [7, 11) is 0. The minimum atomic E-state index is -1.07. The first kappa shape index (κ1) is 23.1. The van der Waals surface area contributed by atoms with Crippen molar-refractivity contribution in [2.24, 2.45) is 5.73 Å². The number of ether oxygens (including phenoxy) is 1. The first-order valence-corrected chi connectivity index (χ1v) is 10.6. The Labute approximate surface area is 195 Å². The third-order valence-corrected chi connectivity index (χ3v) is 5.27. The predicted molar refractivity (Wildman–Crippen MR) is 126 cm³/mol. The average Bonchev–Trinajstić information content (AvgIpc) is 2.81. The number of hydrogen-bond acceptors (Lipinski definition) is 4. The summed E-state index contributed by atoms with van der Waals surface area (Å²) in [6.45, 7) is 2.28. The number of hydrogen-bond donors (Lipinski definition) is 2. The van der Waals surface area contributed by atoms with Gasteiger partial charge in [0.1, 0.15) is 11.4 Å². The predicted octanol–water partition coefficient (Wildman–Crippen LogP) is 5.88. The largest absolute Gasteiger partial charge is 0.481 e. The maximum absolute atomic E-state index is 14.7. The number of rotatable bonds is 7. The van der Waals surface area contributed by atoms with E-state index in [9.17, 15) is 18.7 Å². The molecule has 1 aromatic heterocycles. The smallest absolute Gasteiger partial charge is 0.307 e. The molecule has 0 aliphatic rings. The lowest BCUT2D eigenvalue weighted by Crippen LogP contribution is -2.04. The SMILES string of the molecule is Cc1cc(Oc2nc(-c3ccccc3CC(=O)O)c(F)cc2F)cc(-c2cccc(CN)c2)c1. The van der Waals surface area contributed by atoms with Crippen molar-refractivity contribution in [2.75, 3.05) is 0 Å². The van der Waals surface area contributed by atoms with Crippen molar-refractivity contribution in [3.8, 4) is 34.0 Å². The van der Waals surface area contributed by atoms with Gasteiger partial charge in [0.15, 0.2) is 11.6 Å². The van der Waals surface area contributed by atoms with Crippen LogP contribution in [0.2, 0.25) is 0 Å². The number of aromatic nitrogens is 1. The molecule has 0 aliphatic carbocycles. The maximum atomic E-state index is 14.7. The number of halogens is 2. The summed E-state index contributed by atoms with van der Waals surface area (Å²) in [5.74, 6) is -3.03. The highest BCUT2D eigenvalue weighted by molar-refractivity contribution is 5.76. The molecule has 4 rings (SSSR count). The van der Waals surface area contributed by atoms with Gasteiger partial charge in [0.25, 0.3) is 5.88 Å². The number of carboxylic acids is 1. The molecule has 0 amide bonds. The molecule has 0 fully saturated rings. The van der Waals surface area contributed by atoms with Gasteiger partial charge in [0.2, 0.25) is 0 Å². The fraction of sp³-hybridized carbons (Fsp3) is 0.111. The van der Waals surface area contributed by atoms with Crippen LogP contribution in [0.25, 0.3) is 22.4 Å². The highest BCUT2D eigenvalue weighted by Crippen LogP contribution is 2.33. The van der Waals surface area contributed by atoms with Gasteiger partial charge >= 0.3 is 5.97 Å². The van der Waals surface area contributed by atoms with E-state index in [1.807, 2.05) is 37.3 Å². The summed E-state index contributed by atoms with van der Waals surface area (Å²) < 4.78 is 35.1. The van der Waals surface area contributed by atoms with Gasteiger partial charge in [-0.25, -0.2) is 13.8 Å². The first-order valence-electron chi connectivity index (χ1n) is 10.6. The van der Waals surface area contributed by atoms with Crippen LogP contribution in [-0.2, 0) is 17.8 Å². The Morgan fingerprint density at radius 3 is 2.53 bits per heavy atom. The van der Waals surface area contributed by atoms with Gasteiger partial charge in [-0.2, -0.15) is 0 Å². The molecule has 4 aromatic rings. The van der Waals surface area contributed by atoms with E-state index in [1.54, 1.807) is 36.4 Å². The molecule has 0 atom stereocenters. The van der Waals surface area contributed by atoms with E-state index in [-0.39, 0.29) is 17.7 Å². The topological polar surface area (TPSA) is 85.4 Å². The number of carbonyl (C=O) groups is 1. The number of nitrogens with two attached hydrogens (primary N) is 1. The van der Waals surface area contributed by atoms with Crippen LogP contribution in [0.1, 0.15) is 16.7 Å². The molecule has 3 aromatic carbocycles. The van der Waals surface area contributed by atoms with Gasteiger partial charge in [-0.15, -0.1) is 0 Å². The van der Waals surface area contributed by atoms with Gasteiger partial charge in [-0.1, -0.05) is 48.5 Å². The maximum Gasteiger partial charge on any atom is 0.307 e. The molecule has 172 valence electrons. The Hall–Kier alpha value is -4.10. The summed E-state index contributed by atoms with van der Waals surface area (Å²) >= 11 is 0. The minimum absolute atomic E-state index is 0.184. The molecule has 5 nitrogen and oxygen atoms in total. The van der Waals surface area contributed by atoms with Crippen LogP contribution >= 0.6 is 0 Å². The summed E-state index contributed by atoms with van der Waals surface area (Å²) in [6, 6.07) is 20.2. The van der Waals surface area contributed by atoms with E-state index in [4.69, 9.17) is 10.5 Å². The number of aliphatic carboxylic acids is 1.